The Hall–Kier alpha value is -2.08. The Kier molecular flexibility index (Phi) is 3.71. The van der Waals surface area contributed by atoms with E-state index in [1.165, 1.54) is 6.07 Å². The highest BCUT2D eigenvalue weighted by Crippen LogP contribution is 2.28. The van der Waals surface area contributed by atoms with Gasteiger partial charge in [0.25, 0.3) is 0 Å². The van der Waals surface area contributed by atoms with Crippen LogP contribution in [0.4, 0.5) is 11.4 Å². The predicted octanol–water partition coefficient (Wildman–Crippen LogP) is 0.509. The van der Waals surface area contributed by atoms with Gasteiger partial charge in [-0.3, -0.25) is 4.79 Å². The van der Waals surface area contributed by atoms with E-state index >= 15 is 0 Å². The van der Waals surface area contributed by atoms with Crippen LogP contribution in [0.5, 0.6) is 0 Å². The fraction of sp³-hybridized carbons (Fsp3) is 0.385. The predicted molar refractivity (Wildman–Crippen MR) is 71.8 cm³/mol. The van der Waals surface area contributed by atoms with Gasteiger partial charge < -0.3 is 21.1 Å². The largest absolute Gasteiger partial charge is 0.462 e. The topological polar surface area (TPSA) is 98.6 Å². The van der Waals surface area contributed by atoms with Crippen LogP contribution in [0.25, 0.3) is 0 Å². The van der Waals surface area contributed by atoms with Crippen molar-refractivity contribution in [3.63, 3.8) is 0 Å². The Bertz CT molecular complexity index is 516. The van der Waals surface area contributed by atoms with Gasteiger partial charge in [-0.05, 0) is 25.1 Å². The highest BCUT2D eigenvalue weighted by Gasteiger charge is 2.29. The molecule has 0 aromatic heterocycles. The third kappa shape index (κ3) is 2.68. The summed E-state index contributed by atoms with van der Waals surface area (Å²) in [5.74, 6) is -0.478. The van der Waals surface area contributed by atoms with Crippen molar-refractivity contribution in [1.29, 1.82) is 0 Å². The molecule has 6 nitrogen and oxygen atoms in total. The molecule has 1 atom stereocenters. The summed E-state index contributed by atoms with van der Waals surface area (Å²) in [5, 5.41) is 0. The number of hydrogen-bond acceptors (Lipinski definition) is 5. The quantitative estimate of drug-likeness (QED) is 0.611. The van der Waals surface area contributed by atoms with Gasteiger partial charge >= 0.3 is 5.97 Å². The highest BCUT2D eigenvalue weighted by molar-refractivity contribution is 6.00. The maximum Gasteiger partial charge on any atom is 0.338 e. The molecule has 1 aliphatic rings. The molecule has 2 rings (SSSR count). The van der Waals surface area contributed by atoms with Gasteiger partial charge in [0.05, 0.1) is 23.5 Å². The second-order valence-electron chi connectivity index (χ2n) is 4.46. The van der Waals surface area contributed by atoms with Gasteiger partial charge in [0, 0.05) is 19.0 Å². The SMILES string of the molecule is CCOC(=O)c1ccc(N2CC(N)CC2=O)c(N)c1. The van der Waals surface area contributed by atoms with Crippen LogP contribution in [0.15, 0.2) is 18.2 Å². The molecule has 6 heteroatoms. The van der Waals surface area contributed by atoms with Crippen molar-refractivity contribution in [1.82, 2.24) is 0 Å². The standard InChI is InChI=1S/C13H17N3O3/c1-2-19-13(18)8-3-4-11(10(15)5-8)16-7-9(14)6-12(16)17/h3-5,9H,2,6-7,14-15H2,1H3. The average Bonchev–Trinajstić information content (AvgIpc) is 2.68. The van der Waals surface area contributed by atoms with Crippen molar-refractivity contribution in [2.24, 2.45) is 5.73 Å². The Balaban J connectivity index is 2.25. The normalized spacial score (nSPS) is 18.7. The Morgan fingerprint density at radius 1 is 1.53 bits per heavy atom. The lowest BCUT2D eigenvalue weighted by molar-refractivity contribution is -0.117. The number of carbonyl (C=O) groups excluding carboxylic acids is 2. The minimum Gasteiger partial charge on any atom is -0.462 e. The molecular weight excluding hydrogens is 246 g/mol. The van der Waals surface area contributed by atoms with Gasteiger partial charge in [0.15, 0.2) is 0 Å². The molecule has 1 fully saturated rings. The number of carbonyl (C=O) groups is 2. The minimum atomic E-state index is -0.426. The lowest BCUT2D eigenvalue weighted by Crippen LogP contribution is -2.28. The minimum absolute atomic E-state index is 0.0527. The molecule has 1 aromatic carbocycles. The number of nitrogens with zero attached hydrogens (tertiary/aromatic N) is 1. The van der Waals surface area contributed by atoms with Crippen LogP contribution >= 0.6 is 0 Å². The molecule has 0 saturated carbocycles. The molecule has 1 saturated heterocycles. The van der Waals surface area contributed by atoms with Crippen molar-refractivity contribution in [3.05, 3.63) is 23.8 Å². The summed E-state index contributed by atoms with van der Waals surface area (Å²) in [6, 6.07) is 4.60. The van der Waals surface area contributed by atoms with E-state index in [1.807, 2.05) is 0 Å². The molecule has 0 radical (unpaired) electrons. The van der Waals surface area contributed by atoms with Gasteiger partial charge in [-0.1, -0.05) is 0 Å². The van der Waals surface area contributed by atoms with E-state index in [9.17, 15) is 9.59 Å². The van der Waals surface area contributed by atoms with Gasteiger partial charge in [0.1, 0.15) is 0 Å². The van der Waals surface area contributed by atoms with Gasteiger partial charge in [0.2, 0.25) is 5.91 Å². The molecule has 1 unspecified atom stereocenters. The highest BCUT2D eigenvalue weighted by atomic mass is 16.5. The summed E-state index contributed by atoms with van der Waals surface area (Å²) in [7, 11) is 0. The van der Waals surface area contributed by atoms with Crippen LogP contribution in [0.3, 0.4) is 0 Å². The summed E-state index contributed by atoms with van der Waals surface area (Å²) in [6.45, 7) is 2.49. The molecule has 1 aliphatic heterocycles. The molecular formula is C13H17N3O3. The van der Waals surface area contributed by atoms with Crippen molar-refractivity contribution in [3.8, 4) is 0 Å². The molecule has 1 amide bonds. The Labute approximate surface area is 111 Å². The molecule has 0 spiro atoms. The third-order valence-electron chi connectivity index (χ3n) is 2.98. The number of esters is 1. The molecule has 102 valence electrons. The number of hydrogen-bond donors (Lipinski definition) is 2. The van der Waals surface area contributed by atoms with Crippen LogP contribution in [0.1, 0.15) is 23.7 Å². The summed E-state index contributed by atoms with van der Waals surface area (Å²) >= 11 is 0. The van der Waals surface area contributed by atoms with E-state index in [2.05, 4.69) is 0 Å². The Morgan fingerprint density at radius 2 is 2.26 bits per heavy atom. The lowest BCUT2D eigenvalue weighted by Gasteiger charge is -2.18. The maximum absolute atomic E-state index is 11.8. The van der Waals surface area contributed by atoms with E-state index in [1.54, 1.807) is 24.0 Å². The summed E-state index contributed by atoms with van der Waals surface area (Å²) in [5.41, 5.74) is 13.0. The van der Waals surface area contributed by atoms with E-state index in [0.717, 1.165) is 0 Å². The number of ether oxygens (including phenoxy) is 1. The molecule has 4 N–H and O–H groups in total. The number of benzene rings is 1. The molecule has 1 aromatic rings. The van der Waals surface area contributed by atoms with Crippen molar-refractivity contribution >= 4 is 23.3 Å². The molecule has 1 heterocycles. The lowest BCUT2D eigenvalue weighted by atomic mass is 10.1. The smallest absolute Gasteiger partial charge is 0.338 e. The van der Waals surface area contributed by atoms with Crippen LogP contribution in [-0.4, -0.2) is 31.1 Å². The fourth-order valence-corrected chi connectivity index (χ4v) is 2.11. The van der Waals surface area contributed by atoms with Gasteiger partial charge in [-0.25, -0.2) is 4.79 Å². The number of amides is 1. The zero-order valence-corrected chi connectivity index (χ0v) is 10.8. The first-order valence-corrected chi connectivity index (χ1v) is 6.15. The van der Waals surface area contributed by atoms with Crippen molar-refractivity contribution in [2.45, 2.75) is 19.4 Å². The van der Waals surface area contributed by atoms with Crippen LogP contribution < -0.4 is 16.4 Å². The van der Waals surface area contributed by atoms with Gasteiger partial charge in [-0.15, -0.1) is 0 Å². The number of rotatable bonds is 3. The first-order chi connectivity index (χ1) is 9.02. The average molecular weight is 263 g/mol. The first kappa shape index (κ1) is 13.4. The summed E-state index contributed by atoms with van der Waals surface area (Å²) < 4.78 is 4.89. The second kappa shape index (κ2) is 5.27. The van der Waals surface area contributed by atoms with E-state index < -0.39 is 5.97 Å². The van der Waals surface area contributed by atoms with Crippen LogP contribution in [0, 0.1) is 0 Å². The first-order valence-electron chi connectivity index (χ1n) is 6.15. The second-order valence-corrected chi connectivity index (χ2v) is 4.46. The fourth-order valence-electron chi connectivity index (χ4n) is 2.11. The summed E-state index contributed by atoms with van der Waals surface area (Å²) in [6.07, 6.45) is 0.319. The molecule has 19 heavy (non-hydrogen) atoms. The zero-order chi connectivity index (χ0) is 14.0. The van der Waals surface area contributed by atoms with Crippen molar-refractivity contribution in [2.75, 3.05) is 23.8 Å². The van der Waals surface area contributed by atoms with E-state index in [-0.39, 0.29) is 11.9 Å². The van der Waals surface area contributed by atoms with Crippen molar-refractivity contribution < 1.29 is 14.3 Å². The Morgan fingerprint density at radius 3 is 2.79 bits per heavy atom. The third-order valence-corrected chi connectivity index (χ3v) is 2.98. The number of anilines is 2. The van der Waals surface area contributed by atoms with Gasteiger partial charge in [-0.2, -0.15) is 0 Å². The molecule has 0 bridgehead atoms. The summed E-state index contributed by atoms with van der Waals surface area (Å²) in [4.78, 5) is 24.9. The van der Waals surface area contributed by atoms with E-state index in [4.69, 9.17) is 16.2 Å². The van der Waals surface area contributed by atoms with Crippen LogP contribution in [-0.2, 0) is 9.53 Å². The molecule has 0 aliphatic carbocycles. The monoisotopic (exact) mass is 263 g/mol. The zero-order valence-electron chi connectivity index (χ0n) is 10.8. The number of nitrogens with two attached hydrogens (primary N) is 2. The maximum atomic E-state index is 11.8. The van der Waals surface area contributed by atoms with E-state index in [0.29, 0.717) is 36.5 Å². The van der Waals surface area contributed by atoms with Crippen LogP contribution in [0.2, 0.25) is 0 Å². The number of nitrogen functional groups attached to an aromatic ring is 1.